The lowest BCUT2D eigenvalue weighted by molar-refractivity contribution is -0.152. The zero-order valence-electron chi connectivity index (χ0n) is 15.5. The Labute approximate surface area is 166 Å². The summed E-state index contributed by atoms with van der Waals surface area (Å²) in [5.41, 5.74) is 0.484. The van der Waals surface area contributed by atoms with Gasteiger partial charge < -0.3 is 4.74 Å². The molecule has 3 unspecified atom stereocenters. The van der Waals surface area contributed by atoms with Crippen molar-refractivity contribution in [3.63, 3.8) is 0 Å². The van der Waals surface area contributed by atoms with Crippen molar-refractivity contribution in [3.05, 3.63) is 83.9 Å². The van der Waals surface area contributed by atoms with Crippen LogP contribution < -0.4 is 0 Å². The van der Waals surface area contributed by atoms with Crippen LogP contribution in [0.3, 0.4) is 0 Å². The molecule has 3 nitrogen and oxygen atoms in total. The van der Waals surface area contributed by atoms with Gasteiger partial charge in [0.25, 0.3) is 0 Å². The third-order valence-corrected chi connectivity index (χ3v) is 7.62. The van der Waals surface area contributed by atoms with Crippen molar-refractivity contribution >= 4 is 39.3 Å². The average Bonchev–Trinajstić information content (AvgIpc) is 2.67. The number of thioether (sulfide) groups is 1. The van der Waals surface area contributed by atoms with Gasteiger partial charge in [0.2, 0.25) is 0 Å². The van der Waals surface area contributed by atoms with Crippen LogP contribution in [0.15, 0.2) is 72.8 Å². The van der Waals surface area contributed by atoms with Crippen molar-refractivity contribution in [2.75, 3.05) is 12.5 Å². The third kappa shape index (κ3) is 3.80. The Morgan fingerprint density at radius 1 is 0.963 bits per heavy atom. The Morgan fingerprint density at radius 3 is 2.19 bits per heavy atom. The average molecular weight is 399 g/mol. The van der Waals surface area contributed by atoms with Gasteiger partial charge in [-0.05, 0) is 23.1 Å². The Bertz CT molecular complexity index is 971. The molecule has 0 spiro atoms. The van der Waals surface area contributed by atoms with E-state index in [1.165, 1.54) is 18.7 Å². The van der Waals surface area contributed by atoms with E-state index in [0.29, 0.717) is 0 Å². The van der Waals surface area contributed by atoms with Crippen LogP contribution in [-0.4, -0.2) is 27.3 Å². The van der Waals surface area contributed by atoms with Gasteiger partial charge in [0, 0.05) is 35.1 Å². The highest BCUT2D eigenvalue weighted by Gasteiger charge is 2.47. The summed E-state index contributed by atoms with van der Waals surface area (Å²) in [4.78, 5) is 12.2. The largest absolute Gasteiger partial charge is 0.447 e. The Hall–Kier alpha value is -2.11. The predicted octanol–water partition coefficient (Wildman–Crippen LogP) is 4.71. The normalized spacial score (nSPS) is 15.7. The first kappa shape index (κ1) is 19.6. The van der Waals surface area contributed by atoms with Gasteiger partial charge in [-0.25, -0.2) is 0 Å². The molecule has 140 valence electrons. The molecule has 5 heteroatoms. The highest BCUT2D eigenvalue weighted by molar-refractivity contribution is 8.10. The van der Waals surface area contributed by atoms with Crippen LogP contribution in [0.2, 0.25) is 0 Å². The summed E-state index contributed by atoms with van der Waals surface area (Å²) in [5.74, 6) is -0.406. The van der Waals surface area contributed by atoms with Gasteiger partial charge in [-0.15, -0.1) is 11.8 Å². The van der Waals surface area contributed by atoms with E-state index < -0.39 is 27.0 Å². The van der Waals surface area contributed by atoms with Crippen molar-refractivity contribution in [2.45, 2.75) is 17.1 Å². The molecule has 0 radical (unpaired) electrons. The third-order valence-electron chi connectivity index (χ3n) is 4.53. The van der Waals surface area contributed by atoms with Crippen molar-refractivity contribution in [1.82, 2.24) is 0 Å². The van der Waals surface area contributed by atoms with Gasteiger partial charge in [-0.3, -0.25) is 9.00 Å². The number of ether oxygens (including phenoxy) is 1. The molecule has 3 atom stereocenters. The van der Waals surface area contributed by atoms with Crippen LogP contribution in [0.1, 0.15) is 18.1 Å². The van der Waals surface area contributed by atoms with E-state index in [1.807, 2.05) is 79.1 Å². The molecule has 27 heavy (non-hydrogen) atoms. The molecule has 0 fully saturated rings. The SMILES string of the molecule is CSC(S(C)=O)C(OC(C)=O)(c1ccccc1)c1ccc2ccccc2c1. The summed E-state index contributed by atoms with van der Waals surface area (Å²) in [5, 5.41) is 2.15. The lowest BCUT2D eigenvalue weighted by Gasteiger charge is -2.39. The molecular weight excluding hydrogens is 376 g/mol. The molecule has 3 rings (SSSR count). The van der Waals surface area contributed by atoms with Crippen LogP contribution in [-0.2, 0) is 25.9 Å². The lowest BCUT2D eigenvalue weighted by atomic mass is 9.86. The Balaban J connectivity index is 2.35. The molecular formula is C22H22O3S2. The van der Waals surface area contributed by atoms with Gasteiger partial charge in [0.1, 0.15) is 4.58 Å². The predicted molar refractivity (Wildman–Crippen MR) is 114 cm³/mol. The minimum absolute atomic E-state index is 0.406. The van der Waals surface area contributed by atoms with Crippen molar-refractivity contribution in [1.29, 1.82) is 0 Å². The second kappa shape index (κ2) is 8.28. The van der Waals surface area contributed by atoms with Gasteiger partial charge >= 0.3 is 5.97 Å². The quantitative estimate of drug-likeness (QED) is 0.564. The highest BCUT2D eigenvalue weighted by atomic mass is 32.2. The first-order chi connectivity index (χ1) is 13.0. The Morgan fingerprint density at radius 2 is 1.59 bits per heavy atom. The second-order valence-electron chi connectivity index (χ2n) is 6.32. The van der Waals surface area contributed by atoms with E-state index in [1.54, 1.807) is 6.26 Å². The van der Waals surface area contributed by atoms with Crippen LogP contribution in [0.25, 0.3) is 10.8 Å². The maximum Gasteiger partial charge on any atom is 0.303 e. The smallest absolute Gasteiger partial charge is 0.303 e. The number of esters is 1. The first-order valence-corrected chi connectivity index (χ1v) is 11.5. The highest BCUT2D eigenvalue weighted by Crippen LogP contribution is 2.44. The molecule has 0 aliphatic rings. The fourth-order valence-electron chi connectivity index (χ4n) is 3.47. The lowest BCUT2D eigenvalue weighted by Crippen LogP contribution is -2.44. The number of rotatable bonds is 6. The summed E-state index contributed by atoms with van der Waals surface area (Å²) in [6.07, 6.45) is 3.55. The minimum Gasteiger partial charge on any atom is -0.447 e. The van der Waals surface area contributed by atoms with E-state index in [0.717, 1.165) is 21.9 Å². The molecule has 3 aromatic rings. The number of hydrogen-bond acceptors (Lipinski definition) is 4. The topological polar surface area (TPSA) is 43.4 Å². The summed E-state index contributed by atoms with van der Waals surface area (Å²) < 4.78 is 18.3. The molecule has 0 N–H and O–H groups in total. The number of carbonyl (C=O) groups is 1. The van der Waals surface area contributed by atoms with Crippen LogP contribution in [0.5, 0.6) is 0 Å². The molecule has 0 aliphatic heterocycles. The molecule has 0 amide bonds. The summed E-state index contributed by atoms with van der Waals surface area (Å²) in [6.45, 7) is 1.40. The van der Waals surface area contributed by atoms with Crippen LogP contribution >= 0.6 is 11.8 Å². The molecule has 0 aromatic heterocycles. The standard InChI is InChI=1S/C22H22O3S2/c1-16(23)25-22(21(26-2)27(3)24,19-11-5-4-6-12-19)20-14-13-17-9-7-8-10-18(17)15-20/h4-15,21H,1-3H3. The molecule has 0 heterocycles. The maximum atomic E-state index is 12.7. The monoisotopic (exact) mass is 398 g/mol. The molecule has 0 aliphatic carbocycles. The molecule has 0 bridgehead atoms. The van der Waals surface area contributed by atoms with Crippen LogP contribution in [0.4, 0.5) is 0 Å². The fourth-order valence-corrected chi connectivity index (χ4v) is 6.00. The van der Waals surface area contributed by atoms with Crippen LogP contribution in [0, 0.1) is 0 Å². The first-order valence-electron chi connectivity index (χ1n) is 8.58. The van der Waals surface area contributed by atoms with Gasteiger partial charge in [-0.2, -0.15) is 0 Å². The van der Waals surface area contributed by atoms with E-state index in [9.17, 15) is 9.00 Å². The zero-order chi connectivity index (χ0) is 19.4. The Kier molecular flexibility index (Phi) is 6.02. The maximum absolute atomic E-state index is 12.7. The number of fused-ring (bicyclic) bond motifs is 1. The second-order valence-corrected chi connectivity index (χ2v) is 9.03. The molecule has 3 aromatic carbocycles. The molecule has 0 saturated carbocycles. The van der Waals surface area contributed by atoms with Crippen molar-refractivity contribution < 1.29 is 13.7 Å². The van der Waals surface area contributed by atoms with E-state index in [2.05, 4.69) is 0 Å². The van der Waals surface area contributed by atoms with Crippen molar-refractivity contribution in [3.8, 4) is 0 Å². The van der Waals surface area contributed by atoms with Crippen molar-refractivity contribution in [2.24, 2.45) is 0 Å². The van der Waals surface area contributed by atoms with E-state index in [-0.39, 0.29) is 0 Å². The van der Waals surface area contributed by atoms with E-state index >= 15 is 0 Å². The van der Waals surface area contributed by atoms with Gasteiger partial charge in [0.05, 0.1) is 0 Å². The summed E-state index contributed by atoms with van der Waals surface area (Å²) in [6, 6.07) is 23.6. The summed E-state index contributed by atoms with van der Waals surface area (Å²) >= 11 is 1.44. The fraction of sp³-hybridized carbons (Fsp3) is 0.227. The number of hydrogen-bond donors (Lipinski definition) is 0. The van der Waals surface area contributed by atoms with E-state index in [4.69, 9.17) is 4.74 Å². The van der Waals surface area contributed by atoms with Gasteiger partial charge in [-0.1, -0.05) is 66.7 Å². The van der Waals surface area contributed by atoms with Gasteiger partial charge in [0.15, 0.2) is 5.60 Å². The number of benzene rings is 3. The molecule has 0 saturated heterocycles. The zero-order valence-corrected chi connectivity index (χ0v) is 17.2. The minimum atomic E-state index is -1.24. The number of carbonyl (C=O) groups excluding carboxylic acids is 1. The summed E-state index contributed by atoms with van der Waals surface area (Å²) in [7, 11) is -1.24.